The first kappa shape index (κ1) is 20.0. The molecule has 0 N–H and O–H groups in total. The van der Waals surface area contributed by atoms with Crippen molar-refractivity contribution in [3.05, 3.63) is 42.1 Å². The molecule has 9 nitrogen and oxygen atoms in total. The third kappa shape index (κ3) is 4.19. The Morgan fingerprint density at radius 1 is 1.21 bits per heavy atom. The van der Waals surface area contributed by atoms with Gasteiger partial charge in [0.05, 0.1) is 19.5 Å². The number of piperidine rings is 1. The summed E-state index contributed by atoms with van der Waals surface area (Å²) in [7, 11) is -1.90. The second-order valence-corrected chi connectivity index (χ2v) is 9.32. The van der Waals surface area contributed by atoms with E-state index in [4.69, 9.17) is 4.74 Å². The van der Waals surface area contributed by atoms with Crippen molar-refractivity contribution in [3.8, 4) is 0 Å². The normalized spacial score (nSPS) is 21.3. The Morgan fingerprint density at radius 3 is 2.72 bits per heavy atom. The number of aromatic nitrogens is 3. The Bertz CT molecular complexity index is 984. The van der Waals surface area contributed by atoms with Gasteiger partial charge in [0.25, 0.3) is 15.9 Å². The molecule has 2 fully saturated rings. The molecule has 29 heavy (non-hydrogen) atoms. The highest BCUT2D eigenvalue weighted by atomic mass is 32.2. The molecule has 4 rings (SSSR count). The molecular formula is C19H25N5O4S. The van der Waals surface area contributed by atoms with Gasteiger partial charge in [-0.1, -0.05) is 6.07 Å². The van der Waals surface area contributed by atoms with Crippen LogP contribution in [0.3, 0.4) is 0 Å². The fourth-order valence-corrected chi connectivity index (χ4v) is 5.27. The fourth-order valence-electron chi connectivity index (χ4n) is 3.78. The molecular weight excluding hydrogens is 394 g/mol. The lowest BCUT2D eigenvalue weighted by Crippen LogP contribution is -2.41. The summed E-state index contributed by atoms with van der Waals surface area (Å²) < 4.78 is 34.2. The Labute approximate surface area is 170 Å². The zero-order chi connectivity index (χ0) is 20.4. The number of carbonyl (C=O) groups is 1. The van der Waals surface area contributed by atoms with Crippen LogP contribution in [0.5, 0.6) is 0 Å². The van der Waals surface area contributed by atoms with Gasteiger partial charge in [0.2, 0.25) is 0 Å². The van der Waals surface area contributed by atoms with E-state index >= 15 is 0 Å². The number of imidazole rings is 1. The van der Waals surface area contributed by atoms with Gasteiger partial charge in [-0.25, -0.2) is 18.4 Å². The van der Waals surface area contributed by atoms with E-state index in [1.807, 2.05) is 12.1 Å². The molecule has 4 heterocycles. The predicted octanol–water partition coefficient (Wildman–Crippen LogP) is 0.856. The van der Waals surface area contributed by atoms with Crippen LogP contribution in [0.4, 0.5) is 0 Å². The highest BCUT2D eigenvalue weighted by Gasteiger charge is 2.33. The molecule has 156 valence electrons. The number of rotatable bonds is 4. The van der Waals surface area contributed by atoms with Crippen LogP contribution < -0.4 is 0 Å². The number of pyridine rings is 1. The standard InChI is InChI=1S/C19H25N5O4S/c1-22-13-18(20-14-22)29(26,27)24-7-3-4-15(12-24)16-5-2-6-17(21-16)19(25)23-8-10-28-11-9-23/h2,5-6,13-15H,3-4,7-12H2,1H3/t15-/m1/s1. The summed E-state index contributed by atoms with van der Waals surface area (Å²) in [5.74, 6) is -0.163. The Balaban J connectivity index is 1.52. The quantitative estimate of drug-likeness (QED) is 0.729. The maximum atomic E-state index is 12.9. The summed E-state index contributed by atoms with van der Waals surface area (Å²) in [6.45, 7) is 2.99. The van der Waals surface area contributed by atoms with Crippen molar-refractivity contribution in [1.82, 2.24) is 23.7 Å². The fraction of sp³-hybridized carbons (Fsp3) is 0.526. The van der Waals surface area contributed by atoms with Crippen LogP contribution in [-0.2, 0) is 21.8 Å². The molecule has 0 unspecified atom stereocenters. The largest absolute Gasteiger partial charge is 0.378 e. The van der Waals surface area contributed by atoms with Crippen molar-refractivity contribution in [2.24, 2.45) is 7.05 Å². The second kappa shape index (κ2) is 8.21. The van der Waals surface area contributed by atoms with Crippen molar-refractivity contribution in [2.45, 2.75) is 23.8 Å². The van der Waals surface area contributed by atoms with Gasteiger partial charge in [-0.2, -0.15) is 4.31 Å². The topological polar surface area (TPSA) is 97.6 Å². The van der Waals surface area contributed by atoms with Crippen LogP contribution in [0, 0.1) is 0 Å². The Hall–Kier alpha value is -2.30. The summed E-state index contributed by atoms with van der Waals surface area (Å²) in [4.78, 5) is 23.1. The van der Waals surface area contributed by atoms with Crippen molar-refractivity contribution in [3.63, 3.8) is 0 Å². The summed E-state index contributed by atoms with van der Waals surface area (Å²) in [6.07, 6.45) is 4.56. The van der Waals surface area contributed by atoms with Crippen molar-refractivity contribution >= 4 is 15.9 Å². The first-order chi connectivity index (χ1) is 13.9. The van der Waals surface area contributed by atoms with Gasteiger partial charge >= 0.3 is 0 Å². The lowest BCUT2D eigenvalue weighted by atomic mass is 9.95. The number of aryl methyl sites for hydroxylation is 1. The number of carbonyl (C=O) groups excluding carboxylic acids is 1. The summed E-state index contributed by atoms with van der Waals surface area (Å²) in [5, 5.41) is 0.0601. The molecule has 2 aliphatic rings. The van der Waals surface area contributed by atoms with Gasteiger partial charge in [-0.3, -0.25) is 4.79 Å². The minimum absolute atomic E-state index is 0.0559. The minimum Gasteiger partial charge on any atom is -0.378 e. The van der Waals surface area contributed by atoms with Crippen molar-refractivity contribution in [1.29, 1.82) is 0 Å². The molecule has 10 heteroatoms. The van der Waals surface area contributed by atoms with E-state index in [-0.39, 0.29) is 16.9 Å². The van der Waals surface area contributed by atoms with E-state index in [2.05, 4.69) is 9.97 Å². The number of ether oxygens (including phenoxy) is 1. The maximum Gasteiger partial charge on any atom is 0.272 e. The third-order valence-corrected chi connectivity index (χ3v) is 7.13. The molecule has 0 aromatic carbocycles. The van der Waals surface area contributed by atoms with Crippen LogP contribution in [0.2, 0.25) is 0 Å². The summed E-state index contributed by atoms with van der Waals surface area (Å²) in [6, 6.07) is 5.41. The average molecular weight is 420 g/mol. The van der Waals surface area contributed by atoms with Crippen molar-refractivity contribution in [2.75, 3.05) is 39.4 Å². The molecule has 1 amide bonds. The third-order valence-electron chi connectivity index (χ3n) is 5.38. The molecule has 0 spiro atoms. The van der Waals surface area contributed by atoms with Crippen LogP contribution in [0.25, 0.3) is 0 Å². The van der Waals surface area contributed by atoms with E-state index < -0.39 is 10.0 Å². The van der Waals surface area contributed by atoms with Gasteiger partial charge in [0, 0.05) is 51.0 Å². The molecule has 2 aromatic rings. The Morgan fingerprint density at radius 2 is 2.00 bits per heavy atom. The SMILES string of the molecule is Cn1cnc(S(=O)(=O)N2CCC[C@@H](c3cccc(C(=O)N4CCOCC4)n3)C2)c1. The molecule has 2 aliphatic heterocycles. The number of amides is 1. The first-order valence-corrected chi connectivity index (χ1v) is 11.2. The van der Waals surface area contributed by atoms with Gasteiger partial charge in [0.15, 0.2) is 5.03 Å². The van der Waals surface area contributed by atoms with E-state index in [9.17, 15) is 13.2 Å². The lowest BCUT2D eigenvalue weighted by Gasteiger charge is -2.31. The molecule has 0 radical (unpaired) electrons. The van der Waals surface area contributed by atoms with E-state index in [1.54, 1.807) is 22.6 Å². The van der Waals surface area contributed by atoms with Crippen LogP contribution in [0.15, 0.2) is 35.7 Å². The first-order valence-electron chi connectivity index (χ1n) is 9.77. The zero-order valence-corrected chi connectivity index (χ0v) is 17.2. The van der Waals surface area contributed by atoms with Crippen LogP contribution in [0.1, 0.15) is 34.9 Å². The molecule has 0 aliphatic carbocycles. The number of morpholine rings is 1. The van der Waals surface area contributed by atoms with E-state index in [1.165, 1.54) is 16.8 Å². The highest BCUT2D eigenvalue weighted by Crippen LogP contribution is 2.29. The minimum atomic E-state index is -3.64. The maximum absolute atomic E-state index is 12.9. The molecule has 1 atom stereocenters. The van der Waals surface area contributed by atoms with Crippen LogP contribution >= 0.6 is 0 Å². The molecule has 2 saturated heterocycles. The average Bonchev–Trinajstić information content (AvgIpc) is 3.21. The van der Waals surface area contributed by atoms with Gasteiger partial charge in [-0.05, 0) is 25.0 Å². The summed E-state index contributed by atoms with van der Waals surface area (Å²) >= 11 is 0. The number of sulfonamides is 1. The van der Waals surface area contributed by atoms with E-state index in [0.717, 1.165) is 18.5 Å². The van der Waals surface area contributed by atoms with E-state index in [0.29, 0.717) is 45.1 Å². The molecule has 2 aromatic heterocycles. The number of nitrogens with zero attached hydrogens (tertiary/aromatic N) is 5. The van der Waals surface area contributed by atoms with Crippen molar-refractivity contribution < 1.29 is 17.9 Å². The smallest absolute Gasteiger partial charge is 0.272 e. The number of hydrogen-bond donors (Lipinski definition) is 0. The molecule has 0 bridgehead atoms. The highest BCUT2D eigenvalue weighted by molar-refractivity contribution is 7.89. The molecule has 0 saturated carbocycles. The van der Waals surface area contributed by atoms with Gasteiger partial charge in [0.1, 0.15) is 5.69 Å². The predicted molar refractivity (Wildman–Crippen MR) is 105 cm³/mol. The Kier molecular flexibility index (Phi) is 5.66. The summed E-state index contributed by atoms with van der Waals surface area (Å²) in [5.41, 5.74) is 1.15. The van der Waals surface area contributed by atoms with Gasteiger partial charge in [-0.15, -0.1) is 0 Å². The second-order valence-electron chi connectivity index (χ2n) is 7.43. The zero-order valence-electron chi connectivity index (χ0n) is 16.4. The lowest BCUT2D eigenvalue weighted by molar-refractivity contribution is 0.0298. The number of hydrogen-bond acceptors (Lipinski definition) is 6. The van der Waals surface area contributed by atoms with Gasteiger partial charge < -0.3 is 14.2 Å². The van der Waals surface area contributed by atoms with Crippen LogP contribution in [-0.4, -0.2) is 77.5 Å². The monoisotopic (exact) mass is 419 g/mol.